The maximum Gasteiger partial charge on any atom is 0.329 e. The lowest BCUT2D eigenvalue weighted by atomic mass is 10.1. The van der Waals surface area contributed by atoms with Gasteiger partial charge >= 0.3 is 5.69 Å². The van der Waals surface area contributed by atoms with Crippen LogP contribution in [-0.4, -0.2) is 44.0 Å². The monoisotopic (exact) mass is 373 g/mol. The number of hydrogen-bond acceptors (Lipinski definition) is 6. The number of methoxy groups -OCH3 is 1. The van der Waals surface area contributed by atoms with Crippen LogP contribution in [0.5, 0.6) is 5.75 Å². The van der Waals surface area contributed by atoms with Gasteiger partial charge in [0, 0.05) is 20.1 Å². The van der Waals surface area contributed by atoms with E-state index in [9.17, 15) is 14.7 Å². The molecule has 0 unspecified atom stereocenters. The van der Waals surface area contributed by atoms with Gasteiger partial charge in [0.1, 0.15) is 5.75 Å². The van der Waals surface area contributed by atoms with E-state index in [1.165, 1.54) is 4.57 Å². The van der Waals surface area contributed by atoms with Crippen molar-refractivity contribution >= 4 is 17.1 Å². The van der Waals surface area contributed by atoms with Gasteiger partial charge in [-0.2, -0.15) is 4.98 Å². The Morgan fingerprint density at radius 2 is 2.00 bits per heavy atom. The maximum absolute atomic E-state index is 12.4. The van der Waals surface area contributed by atoms with E-state index in [2.05, 4.69) is 15.3 Å². The number of hydrogen-bond donors (Lipinski definition) is 3. The molecular formula is C18H23N5O4. The van der Waals surface area contributed by atoms with Crippen molar-refractivity contribution in [3.05, 3.63) is 50.7 Å². The van der Waals surface area contributed by atoms with Crippen molar-refractivity contribution in [2.45, 2.75) is 26.0 Å². The van der Waals surface area contributed by atoms with E-state index in [4.69, 9.17) is 4.74 Å². The Labute approximate surface area is 155 Å². The summed E-state index contributed by atoms with van der Waals surface area (Å²) in [7, 11) is 3.17. The van der Waals surface area contributed by atoms with Crippen LogP contribution in [0.1, 0.15) is 12.5 Å². The van der Waals surface area contributed by atoms with E-state index in [1.807, 2.05) is 24.3 Å². The number of anilines is 1. The van der Waals surface area contributed by atoms with Crippen LogP contribution in [0.4, 0.5) is 5.95 Å². The Balaban J connectivity index is 1.99. The SMILES string of the molecule is COc1ccc(CCn2c(NC[C@@H](C)O)nc3c2c(=O)[nH]c(=O)n3C)cc1. The van der Waals surface area contributed by atoms with Crippen molar-refractivity contribution in [2.24, 2.45) is 7.05 Å². The second-order valence-electron chi connectivity index (χ2n) is 6.41. The molecule has 9 heteroatoms. The topological polar surface area (TPSA) is 114 Å². The molecule has 1 atom stereocenters. The number of fused-ring (bicyclic) bond motifs is 1. The van der Waals surface area contributed by atoms with Gasteiger partial charge in [0.15, 0.2) is 11.2 Å². The first-order valence-corrected chi connectivity index (χ1v) is 8.65. The second-order valence-corrected chi connectivity index (χ2v) is 6.41. The Kier molecular flexibility index (Phi) is 5.31. The lowest BCUT2D eigenvalue weighted by Gasteiger charge is -2.12. The summed E-state index contributed by atoms with van der Waals surface area (Å²) in [4.78, 5) is 31.0. The first kappa shape index (κ1) is 18.7. The molecule has 9 nitrogen and oxygen atoms in total. The van der Waals surface area contributed by atoms with Gasteiger partial charge in [-0.25, -0.2) is 4.79 Å². The van der Waals surface area contributed by atoms with Gasteiger partial charge < -0.3 is 19.7 Å². The third-order valence-corrected chi connectivity index (χ3v) is 4.35. The van der Waals surface area contributed by atoms with Crippen LogP contribution in [0.25, 0.3) is 11.2 Å². The molecule has 3 rings (SSSR count). The second kappa shape index (κ2) is 7.67. The van der Waals surface area contributed by atoms with Crippen molar-refractivity contribution < 1.29 is 9.84 Å². The first-order valence-electron chi connectivity index (χ1n) is 8.65. The molecule has 27 heavy (non-hydrogen) atoms. The van der Waals surface area contributed by atoms with Crippen molar-refractivity contribution in [1.82, 2.24) is 19.1 Å². The number of nitrogens with one attached hydrogen (secondary N) is 2. The van der Waals surface area contributed by atoms with Crippen molar-refractivity contribution in [1.29, 1.82) is 0 Å². The number of ether oxygens (including phenoxy) is 1. The van der Waals surface area contributed by atoms with E-state index in [0.29, 0.717) is 30.1 Å². The van der Waals surface area contributed by atoms with Crippen LogP contribution in [0.15, 0.2) is 33.9 Å². The first-order chi connectivity index (χ1) is 12.9. The summed E-state index contributed by atoms with van der Waals surface area (Å²) in [6.07, 6.45) is 0.0723. The quantitative estimate of drug-likeness (QED) is 0.555. The molecule has 0 saturated carbocycles. The fourth-order valence-corrected chi connectivity index (χ4v) is 2.86. The molecule has 0 spiro atoms. The average Bonchev–Trinajstić information content (AvgIpc) is 3.02. The highest BCUT2D eigenvalue weighted by Crippen LogP contribution is 2.18. The summed E-state index contributed by atoms with van der Waals surface area (Å²) in [5.74, 6) is 1.21. The Hall–Kier alpha value is -3.07. The predicted molar refractivity (Wildman–Crippen MR) is 102 cm³/mol. The molecular weight excluding hydrogens is 350 g/mol. The number of benzene rings is 1. The number of imidazole rings is 1. The van der Waals surface area contributed by atoms with Crippen LogP contribution in [0.3, 0.4) is 0 Å². The minimum atomic E-state index is -0.582. The highest BCUT2D eigenvalue weighted by molar-refractivity contribution is 5.74. The lowest BCUT2D eigenvalue weighted by molar-refractivity contribution is 0.208. The molecule has 3 aromatic rings. The summed E-state index contributed by atoms with van der Waals surface area (Å²) in [6, 6.07) is 7.68. The van der Waals surface area contributed by atoms with Crippen molar-refractivity contribution in [2.75, 3.05) is 19.0 Å². The fraction of sp³-hybridized carbons (Fsp3) is 0.389. The summed E-state index contributed by atoms with van der Waals surface area (Å²) >= 11 is 0. The highest BCUT2D eigenvalue weighted by Gasteiger charge is 2.17. The molecule has 144 valence electrons. The molecule has 2 aromatic heterocycles. The van der Waals surface area contributed by atoms with Gasteiger partial charge in [-0.05, 0) is 31.0 Å². The van der Waals surface area contributed by atoms with Crippen LogP contribution in [0, 0.1) is 0 Å². The normalized spacial score (nSPS) is 12.3. The molecule has 0 saturated heterocycles. The molecule has 3 N–H and O–H groups in total. The summed E-state index contributed by atoms with van der Waals surface area (Å²) in [5.41, 5.74) is 0.681. The van der Waals surface area contributed by atoms with Gasteiger partial charge in [0.25, 0.3) is 5.56 Å². The fourth-order valence-electron chi connectivity index (χ4n) is 2.86. The van der Waals surface area contributed by atoms with Crippen molar-refractivity contribution in [3.8, 4) is 5.75 Å². The third kappa shape index (κ3) is 3.87. The summed E-state index contributed by atoms with van der Waals surface area (Å²) < 4.78 is 8.20. The predicted octanol–water partition coefficient (Wildman–Crippen LogP) is 0.467. The molecule has 0 amide bonds. The Morgan fingerprint density at radius 3 is 2.63 bits per heavy atom. The van der Waals surface area contributed by atoms with Crippen molar-refractivity contribution in [3.63, 3.8) is 0 Å². The van der Waals surface area contributed by atoms with Crippen LogP contribution < -0.4 is 21.3 Å². The number of aromatic amines is 1. The standard InChI is InChI=1S/C18H23N5O4/c1-11(24)10-19-17-20-15-14(16(25)21-18(26)22(15)2)23(17)9-8-12-4-6-13(27-3)7-5-12/h4-7,11,24H,8-10H2,1-3H3,(H,19,20)(H,21,25,26)/t11-/m1/s1. The molecule has 2 heterocycles. The molecule has 0 aliphatic rings. The third-order valence-electron chi connectivity index (χ3n) is 4.35. The molecule has 1 aromatic carbocycles. The number of rotatable bonds is 7. The minimum absolute atomic E-state index is 0.276. The lowest BCUT2D eigenvalue weighted by Crippen LogP contribution is -2.29. The summed E-state index contributed by atoms with van der Waals surface area (Å²) in [5, 5.41) is 12.6. The maximum atomic E-state index is 12.4. The van der Waals surface area contributed by atoms with Gasteiger partial charge in [0.2, 0.25) is 5.95 Å². The highest BCUT2D eigenvalue weighted by atomic mass is 16.5. The van der Waals surface area contributed by atoms with Gasteiger partial charge in [-0.1, -0.05) is 12.1 Å². The van der Waals surface area contributed by atoms with Gasteiger partial charge in [-0.3, -0.25) is 14.3 Å². The average molecular weight is 373 g/mol. The largest absolute Gasteiger partial charge is 0.497 e. The van der Waals surface area contributed by atoms with E-state index in [0.717, 1.165) is 11.3 Å². The molecule has 0 radical (unpaired) electrons. The number of nitrogens with zero attached hydrogens (tertiary/aromatic N) is 3. The van der Waals surface area contributed by atoms with E-state index >= 15 is 0 Å². The smallest absolute Gasteiger partial charge is 0.329 e. The van der Waals surface area contributed by atoms with Crippen LogP contribution in [0.2, 0.25) is 0 Å². The number of H-pyrrole nitrogens is 1. The van der Waals surface area contributed by atoms with Crippen LogP contribution >= 0.6 is 0 Å². The van der Waals surface area contributed by atoms with E-state index in [1.54, 1.807) is 25.6 Å². The number of aryl methyl sites for hydroxylation is 3. The Morgan fingerprint density at radius 1 is 1.30 bits per heavy atom. The van der Waals surface area contributed by atoms with Crippen LogP contribution in [-0.2, 0) is 20.0 Å². The molecule has 0 aliphatic heterocycles. The Bertz CT molecular complexity index is 1050. The number of aliphatic hydroxyl groups is 1. The zero-order chi connectivity index (χ0) is 19.6. The van der Waals surface area contributed by atoms with Gasteiger partial charge in [0.05, 0.1) is 13.2 Å². The number of aliphatic hydroxyl groups excluding tert-OH is 1. The zero-order valence-corrected chi connectivity index (χ0v) is 15.5. The molecule has 0 bridgehead atoms. The summed E-state index contributed by atoms with van der Waals surface area (Å²) in [6.45, 7) is 2.41. The molecule has 0 fully saturated rings. The number of aromatic nitrogens is 4. The zero-order valence-electron chi connectivity index (χ0n) is 15.5. The molecule has 0 aliphatic carbocycles. The van der Waals surface area contributed by atoms with E-state index in [-0.39, 0.29) is 6.54 Å². The van der Waals surface area contributed by atoms with E-state index < -0.39 is 17.4 Å². The van der Waals surface area contributed by atoms with Gasteiger partial charge in [-0.15, -0.1) is 0 Å². The minimum Gasteiger partial charge on any atom is -0.497 e.